The number of hydrogen-bond acceptors (Lipinski definition) is 5. The molecule has 0 spiro atoms. The number of thiophene rings is 1. The topological polar surface area (TPSA) is 80.5 Å². The number of benzene rings is 1. The third-order valence-corrected chi connectivity index (χ3v) is 5.75. The van der Waals surface area contributed by atoms with E-state index in [0.29, 0.717) is 17.1 Å². The van der Waals surface area contributed by atoms with Gasteiger partial charge in [-0.25, -0.2) is 4.98 Å². The van der Waals surface area contributed by atoms with E-state index in [1.165, 1.54) is 0 Å². The summed E-state index contributed by atoms with van der Waals surface area (Å²) < 4.78 is 4.19. The quantitative estimate of drug-likeness (QED) is 0.442. The summed E-state index contributed by atoms with van der Waals surface area (Å²) in [4.78, 5) is 17.8. The van der Waals surface area contributed by atoms with Crippen LogP contribution in [0.2, 0.25) is 0 Å². The van der Waals surface area contributed by atoms with E-state index < -0.39 is 6.04 Å². The first-order valence-electron chi connectivity index (χ1n) is 9.14. The van der Waals surface area contributed by atoms with Crippen molar-refractivity contribution in [2.45, 2.75) is 26.1 Å². The van der Waals surface area contributed by atoms with E-state index in [1.54, 1.807) is 28.4 Å². The number of aromatic amines is 1. The van der Waals surface area contributed by atoms with Crippen LogP contribution in [-0.2, 0) is 17.9 Å². The predicted octanol–water partition coefficient (Wildman–Crippen LogP) is 3.79. The summed E-state index contributed by atoms with van der Waals surface area (Å²) in [6.07, 6.45) is 5.47. The van der Waals surface area contributed by atoms with Gasteiger partial charge in [-0.05, 0) is 41.7 Å². The molecule has 7 nitrogen and oxygen atoms in total. The number of imidazole rings is 1. The van der Waals surface area contributed by atoms with Gasteiger partial charge in [-0.3, -0.25) is 14.5 Å². The Bertz CT molecular complexity index is 1140. The van der Waals surface area contributed by atoms with Gasteiger partial charge in [0.05, 0.1) is 11.2 Å². The number of nitrogens with zero attached hydrogens (tertiary/aromatic N) is 4. The Balaban J connectivity index is 1.44. The fourth-order valence-corrected chi connectivity index (χ4v) is 4.13. The summed E-state index contributed by atoms with van der Waals surface area (Å²) in [5, 5.41) is 12.1. The van der Waals surface area contributed by atoms with E-state index in [4.69, 9.17) is 12.2 Å². The largest absolute Gasteiger partial charge is 0.350 e. The van der Waals surface area contributed by atoms with Crippen molar-refractivity contribution in [2.75, 3.05) is 0 Å². The molecule has 29 heavy (non-hydrogen) atoms. The molecule has 0 radical (unpaired) electrons. The fourth-order valence-electron chi connectivity index (χ4n) is 3.13. The van der Waals surface area contributed by atoms with E-state index >= 15 is 0 Å². The van der Waals surface area contributed by atoms with Gasteiger partial charge < -0.3 is 9.88 Å². The molecule has 148 valence electrons. The number of carbonyl (C=O) groups is 1. The highest BCUT2D eigenvalue weighted by Crippen LogP contribution is 2.25. The van der Waals surface area contributed by atoms with Crippen molar-refractivity contribution in [1.29, 1.82) is 0 Å². The molecule has 0 aliphatic carbocycles. The normalized spacial score (nSPS) is 12.0. The van der Waals surface area contributed by atoms with Crippen molar-refractivity contribution in [3.63, 3.8) is 0 Å². The summed E-state index contributed by atoms with van der Waals surface area (Å²) in [5.41, 5.74) is 2.19. The molecular weight excluding hydrogens is 404 g/mol. The minimum atomic E-state index is -0.479. The van der Waals surface area contributed by atoms with Crippen LogP contribution in [0.25, 0.3) is 10.7 Å². The van der Waals surface area contributed by atoms with Crippen molar-refractivity contribution in [2.24, 2.45) is 0 Å². The zero-order chi connectivity index (χ0) is 20.2. The highest BCUT2D eigenvalue weighted by Gasteiger charge is 2.21. The minimum Gasteiger partial charge on any atom is -0.350 e. The van der Waals surface area contributed by atoms with E-state index in [9.17, 15) is 4.79 Å². The van der Waals surface area contributed by atoms with Crippen molar-refractivity contribution < 1.29 is 4.79 Å². The van der Waals surface area contributed by atoms with Gasteiger partial charge >= 0.3 is 0 Å². The van der Waals surface area contributed by atoms with Crippen LogP contribution in [0.1, 0.15) is 24.1 Å². The second kappa shape index (κ2) is 8.54. The van der Waals surface area contributed by atoms with Crippen molar-refractivity contribution in [3.05, 3.63) is 76.4 Å². The molecule has 2 N–H and O–H groups in total. The lowest BCUT2D eigenvalue weighted by molar-refractivity contribution is -0.124. The molecule has 0 aliphatic heterocycles. The molecule has 3 aromatic heterocycles. The Hall–Kier alpha value is -3.04. The van der Waals surface area contributed by atoms with Crippen molar-refractivity contribution in [1.82, 2.24) is 29.6 Å². The summed E-state index contributed by atoms with van der Waals surface area (Å²) in [6.45, 7) is 3.01. The van der Waals surface area contributed by atoms with Gasteiger partial charge in [0.25, 0.3) is 0 Å². The highest BCUT2D eigenvalue weighted by molar-refractivity contribution is 7.71. The number of carbonyl (C=O) groups excluding carboxylic acids is 1. The molecular formula is C20H20N6OS2. The minimum absolute atomic E-state index is 0.111. The lowest BCUT2D eigenvalue weighted by Crippen LogP contribution is -2.31. The molecule has 0 bridgehead atoms. The van der Waals surface area contributed by atoms with Crippen molar-refractivity contribution in [3.8, 4) is 10.7 Å². The smallest absolute Gasteiger partial charge is 0.243 e. The van der Waals surface area contributed by atoms with Crippen LogP contribution in [-0.4, -0.2) is 30.2 Å². The summed E-state index contributed by atoms with van der Waals surface area (Å²) >= 11 is 6.91. The van der Waals surface area contributed by atoms with Crippen LogP contribution in [0.15, 0.2) is 60.5 Å². The number of H-pyrrole nitrogens is 1. The van der Waals surface area contributed by atoms with E-state index in [-0.39, 0.29) is 5.91 Å². The molecule has 1 atom stereocenters. The standard InChI is InChI=1S/C20H20N6OS2/c1-14(26-18(23-24-20(26)28)17-6-3-9-29-17)19(27)22-11-15-4-2-5-16(10-15)12-25-8-7-21-13-25/h2-10,13-14H,11-12H2,1H3,(H,22,27)(H,24,28). The maximum atomic E-state index is 12.8. The number of amides is 1. The number of nitrogens with one attached hydrogen (secondary N) is 2. The Morgan fingerprint density at radius 1 is 1.31 bits per heavy atom. The first kappa shape index (κ1) is 19.3. The molecule has 9 heteroatoms. The molecule has 4 rings (SSSR count). The second-order valence-electron chi connectivity index (χ2n) is 6.65. The summed E-state index contributed by atoms with van der Waals surface area (Å²) in [5.74, 6) is 0.565. The lowest BCUT2D eigenvalue weighted by Gasteiger charge is -2.15. The maximum Gasteiger partial charge on any atom is 0.243 e. The Labute approximate surface area is 177 Å². The second-order valence-corrected chi connectivity index (χ2v) is 7.98. The molecule has 0 fully saturated rings. The number of hydrogen-bond donors (Lipinski definition) is 2. The number of rotatable bonds is 7. The van der Waals surface area contributed by atoms with Gasteiger partial charge in [0.2, 0.25) is 5.91 Å². The molecule has 1 aromatic carbocycles. The van der Waals surface area contributed by atoms with Gasteiger partial charge in [0, 0.05) is 25.5 Å². The molecule has 0 saturated heterocycles. The fraction of sp³-hybridized carbons (Fsp3) is 0.200. The van der Waals surface area contributed by atoms with Crippen LogP contribution < -0.4 is 5.32 Å². The Kier molecular flexibility index (Phi) is 5.68. The summed E-state index contributed by atoms with van der Waals surface area (Å²) in [6, 6.07) is 11.6. The average molecular weight is 425 g/mol. The molecule has 0 aliphatic rings. The lowest BCUT2D eigenvalue weighted by atomic mass is 10.1. The van der Waals surface area contributed by atoms with Crippen LogP contribution in [0.3, 0.4) is 0 Å². The zero-order valence-corrected chi connectivity index (χ0v) is 17.4. The molecule has 4 aromatic rings. The third-order valence-electron chi connectivity index (χ3n) is 4.60. The van der Waals surface area contributed by atoms with Crippen LogP contribution in [0, 0.1) is 4.77 Å². The van der Waals surface area contributed by atoms with E-state index in [2.05, 4.69) is 32.6 Å². The average Bonchev–Trinajstić information content (AvgIpc) is 3.48. The monoisotopic (exact) mass is 424 g/mol. The SMILES string of the molecule is CC(C(=O)NCc1cccc(Cn2ccnc2)c1)n1c(-c2cccs2)n[nH]c1=S. The van der Waals surface area contributed by atoms with Gasteiger partial charge in [-0.15, -0.1) is 11.3 Å². The maximum absolute atomic E-state index is 12.8. The molecule has 1 unspecified atom stereocenters. The summed E-state index contributed by atoms with van der Waals surface area (Å²) in [7, 11) is 0. The third kappa shape index (κ3) is 4.36. The van der Waals surface area contributed by atoms with Crippen molar-refractivity contribution >= 4 is 29.5 Å². The van der Waals surface area contributed by atoms with Gasteiger partial charge in [0.15, 0.2) is 10.6 Å². The Morgan fingerprint density at radius 3 is 2.93 bits per heavy atom. The molecule has 3 heterocycles. The van der Waals surface area contributed by atoms with Crippen LogP contribution in [0.4, 0.5) is 0 Å². The molecule has 0 saturated carbocycles. The predicted molar refractivity (Wildman–Crippen MR) is 115 cm³/mol. The van der Waals surface area contributed by atoms with E-state index in [0.717, 1.165) is 22.5 Å². The van der Waals surface area contributed by atoms with Gasteiger partial charge in [0.1, 0.15) is 6.04 Å². The zero-order valence-electron chi connectivity index (χ0n) is 15.8. The van der Waals surface area contributed by atoms with Crippen LogP contribution in [0.5, 0.6) is 0 Å². The van der Waals surface area contributed by atoms with E-state index in [1.807, 2.05) is 47.3 Å². The number of aromatic nitrogens is 5. The van der Waals surface area contributed by atoms with Crippen LogP contribution >= 0.6 is 23.6 Å². The van der Waals surface area contributed by atoms with Gasteiger partial charge in [-0.1, -0.05) is 30.3 Å². The first-order chi connectivity index (χ1) is 14.1. The highest BCUT2D eigenvalue weighted by atomic mass is 32.1. The Morgan fingerprint density at radius 2 is 2.17 bits per heavy atom. The molecule has 1 amide bonds. The van der Waals surface area contributed by atoms with Gasteiger partial charge in [-0.2, -0.15) is 5.10 Å². The first-order valence-corrected chi connectivity index (χ1v) is 10.4.